The zero-order chi connectivity index (χ0) is 15.1. The Labute approximate surface area is 127 Å². The van der Waals surface area contributed by atoms with E-state index in [4.69, 9.17) is 10.5 Å². The highest BCUT2D eigenvalue weighted by atomic mass is 79.9. The number of esters is 1. The summed E-state index contributed by atoms with van der Waals surface area (Å²) in [6, 6.07) is 4.33. The van der Waals surface area contributed by atoms with Crippen LogP contribution < -0.4 is 11.1 Å². The lowest BCUT2D eigenvalue weighted by atomic mass is 10.1. The molecule has 0 aliphatic carbocycles. The minimum absolute atomic E-state index is 0.239. The lowest BCUT2D eigenvalue weighted by Gasteiger charge is -2.13. The third kappa shape index (κ3) is 4.61. The average Bonchev–Trinajstić information content (AvgIpc) is 2.41. The molecule has 0 bridgehead atoms. The Morgan fingerprint density at radius 2 is 2.10 bits per heavy atom. The van der Waals surface area contributed by atoms with Crippen LogP contribution in [0.1, 0.15) is 37.0 Å². The normalized spacial score (nSPS) is 11.8. The molecule has 1 aromatic carbocycles. The number of carbonyl (C=O) groups excluding carboxylic acids is 2. The van der Waals surface area contributed by atoms with Crippen LogP contribution in [0.25, 0.3) is 0 Å². The molecule has 0 unspecified atom stereocenters. The second-order valence-electron chi connectivity index (χ2n) is 4.30. The summed E-state index contributed by atoms with van der Waals surface area (Å²) in [5.41, 5.74) is 6.75. The Hall–Kier alpha value is -1.40. The van der Waals surface area contributed by atoms with Gasteiger partial charge in [0, 0.05) is 4.47 Å². The number of benzene rings is 1. The zero-order valence-electron chi connectivity index (χ0n) is 11.6. The SMILES string of the molecule is CCC[C@H](N)C(=O)Nc1ccc(C(=O)OCC)cc1Br. The standard InChI is InChI=1S/C14H19BrN2O3/c1-3-5-11(16)13(18)17-12-7-6-9(8-10(12)15)14(19)20-4-2/h6-8,11H,3-5,16H2,1-2H3,(H,17,18)/t11-/m0/s1. The molecular weight excluding hydrogens is 324 g/mol. The number of anilines is 1. The molecule has 6 heteroatoms. The van der Waals surface area contributed by atoms with Crippen LogP contribution in [0.5, 0.6) is 0 Å². The molecular formula is C14H19BrN2O3. The molecule has 0 aromatic heterocycles. The number of nitrogens with two attached hydrogens (primary N) is 1. The van der Waals surface area contributed by atoms with Gasteiger partial charge in [-0.15, -0.1) is 0 Å². The van der Waals surface area contributed by atoms with E-state index in [0.717, 1.165) is 6.42 Å². The predicted molar refractivity (Wildman–Crippen MR) is 81.6 cm³/mol. The Morgan fingerprint density at radius 1 is 1.40 bits per heavy atom. The molecule has 3 N–H and O–H groups in total. The van der Waals surface area contributed by atoms with E-state index >= 15 is 0 Å². The number of rotatable bonds is 6. The molecule has 0 saturated carbocycles. The molecule has 0 heterocycles. The first-order valence-electron chi connectivity index (χ1n) is 6.52. The van der Waals surface area contributed by atoms with Crippen LogP contribution in [0.15, 0.2) is 22.7 Å². The van der Waals surface area contributed by atoms with Crippen LogP contribution >= 0.6 is 15.9 Å². The topological polar surface area (TPSA) is 81.4 Å². The maximum absolute atomic E-state index is 11.8. The van der Waals surface area contributed by atoms with Crippen molar-refractivity contribution in [1.29, 1.82) is 0 Å². The number of nitrogens with one attached hydrogen (secondary N) is 1. The van der Waals surface area contributed by atoms with Gasteiger partial charge >= 0.3 is 5.97 Å². The van der Waals surface area contributed by atoms with Gasteiger partial charge in [0.1, 0.15) is 0 Å². The van der Waals surface area contributed by atoms with E-state index < -0.39 is 12.0 Å². The summed E-state index contributed by atoms with van der Waals surface area (Å²) in [7, 11) is 0. The quantitative estimate of drug-likeness (QED) is 0.778. The van der Waals surface area contributed by atoms with E-state index in [9.17, 15) is 9.59 Å². The second kappa shape index (κ2) is 8.01. The molecule has 1 aromatic rings. The van der Waals surface area contributed by atoms with E-state index in [0.29, 0.717) is 28.8 Å². The Morgan fingerprint density at radius 3 is 2.65 bits per heavy atom. The third-order valence-electron chi connectivity index (χ3n) is 2.67. The fraction of sp³-hybridized carbons (Fsp3) is 0.429. The third-order valence-corrected chi connectivity index (χ3v) is 3.33. The van der Waals surface area contributed by atoms with Gasteiger partial charge in [0.2, 0.25) is 5.91 Å². The average molecular weight is 343 g/mol. The number of amides is 1. The van der Waals surface area contributed by atoms with Crippen LogP contribution in [0, 0.1) is 0 Å². The van der Waals surface area contributed by atoms with Crippen molar-refractivity contribution in [2.75, 3.05) is 11.9 Å². The summed E-state index contributed by atoms with van der Waals surface area (Å²) in [4.78, 5) is 23.4. The highest BCUT2D eigenvalue weighted by Crippen LogP contribution is 2.24. The first-order valence-corrected chi connectivity index (χ1v) is 7.32. The monoisotopic (exact) mass is 342 g/mol. The van der Waals surface area contributed by atoms with Gasteiger partial charge in [0.15, 0.2) is 0 Å². The lowest BCUT2D eigenvalue weighted by molar-refractivity contribution is -0.117. The Bertz CT molecular complexity index is 491. The van der Waals surface area contributed by atoms with Crippen LogP contribution in [0.2, 0.25) is 0 Å². The van der Waals surface area contributed by atoms with Crippen LogP contribution in [0.4, 0.5) is 5.69 Å². The number of halogens is 1. The maximum Gasteiger partial charge on any atom is 0.338 e. The maximum atomic E-state index is 11.8. The smallest absolute Gasteiger partial charge is 0.338 e. The van der Waals surface area contributed by atoms with Crippen molar-refractivity contribution in [2.45, 2.75) is 32.7 Å². The highest BCUT2D eigenvalue weighted by molar-refractivity contribution is 9.10. The molecule has 0 fully saturated rings. The molecule has 1 rings (SSSR count). The van der Waals surface area contributed by atoms with Crippen LogP contribution in [-0.2, 0) is 9.53 Å². The van der Waals surface area contributed by atoms with Crippen LogP contribution in [0.3, 0.4) is 0 Å². The zero-order valence-corrected chi connectivity index (χ0v) is 13.2. The van der Waals surface area contributed by atoms with Gasteiger partial charge in [0.25, 0.3) is 0 Å². The molecule has 1 amide bonds. The van der Waals surface area contributed by atoms with Crippen LogP contribution in [-0.4, -0.2) is 24.5 Å². The number of hydrogen-bond donors (Lipinski definition) is 2. The van der Waals surface area contributed by atoms with Crippen molar-refractivity contribution < 1.29 is 14.3 Å². The van der Waals surface area contributed by atoms with Gasteiger partial charge in [-0.2, -0.15) is 0 Å². The van der Waals surface area contributed by atoms with E-state index in [1.807, 2.05) is 6.92 Å². The van der Waals surface area contributed by atoms with Gasteiger partial charge in [-0.25, -0.2) is 4.79 Å². The Balaban J connectivity index is 2.78. The molecule has 0 aliphatic heterocycles. The van der Waals surface area contributed by atoms with Crippen molar-refractivity contribution in [3.63, 3.8) is 0 Å². The minimum atomic E-state index is -0.531. The fourth-order valence-electron chi connectivity index (χ4n) is 1.63. The molecule has 0 spiro atoms. The lowest BCUT2D eigenvalue weighted by Crippen LogP contribution is -2.35. The number of carbonyl (C=O) groups is 2. The van der Waals surface area contributed by atoms with Crippen molar-refractivity contribution in [1.82, 2.24) is 0 Å². The van der Waals surface area contributed by atoms with E-state index in [1.54, 1.807) is 25.1 Å². The van der Waals surface area contributed by atoms with E-state index in [2.05, 4.69) is 21.2 Å². The predicted octanol–water partition coefficient (Wildman–Crippen LogP) is 2.69. The van der Waals surface area contributed by atoms with Gasteiger partial charge in [-0.3, -0.25) is 4.79 Å². The van der Waals surface area contributed by atoms with E-state index in [1.165, 1.54) is 0 Å². The van der Waals surface area contributed by atoms with Crippen molar-refractivity contribution in [2.24, 2.45) is 5.73 Å². The van der Waals surface area contributed by atoms with Crippen molar-refractivity contribution >= 4 is 33.5 Å². The Kier molecular flexibility index (Phi) is 6.67. The summed E-state index contributed by atoms with van der Waals surface area (Å²) in [5.74, 6) is -0.634. The number of hydrogen-bond acceptors (Lipinski definition) is 4. The molecule has 0 saturated heterocycles. The molecule has 0 radical (unpaired) electrons. The first-order chi connectivity index (χ1) is 9.49. The number of ether oxygens (including phenoxy) is 1. The summed E-state index contributed by atoms with van der Waals surface area (Å²) in [5, 5.41) is 2.73. The van der Waals surface area contributed by atoms with Gasteiger partial charge in [0.05, 0.1) is 23.9 Å². The van der Waals surface area contributed by atoms with Crippen molar-refractivity contribution in [3.8, 4) is 0 Å². The van der Waals surface area contributed by atoms with Gasteiger partial charge in [-0.05, 0) is 47.5 Å². The highest BCUT2D eigenvalue weighted by Gasteiger charge is 2.15. The van der Waals surface area contributed by atoms with Crippen molar-refractivity contribution in [3.05, 3.63) is 28.2 Å². The molecule has 20 heavy (non-hydrogen) atoms. The summed E-state index contributed by atoms with van der Waals surface area (Å²) < 4.78 is 5.52. The second-order valence-corrected chi connectivity index (χ2v) is 5.15. The minimum Gasteiger partial charge on any atom is -0.462 e. The largest absolute Gasteiger partial charge is 0.462 e. The summed E-state index contributed by atoms with van der Waals surface area (Å²) in [6.07, 6.45) is 1.47. The molecule has 1 atom stereocenters. The molecule has 110 valence electrons. The van der Waals surface area contributed by atoms with Gasteiger partial charge < -0.3 is 15.8 Å². The summed E-state index contributed by atoms with van der Waals surface area (Å²) in [6.45, 7) is 4.04. The summed E-state index contributed by atoms with van der Waals surface area (Å²) >= 11 is 3.32. The fourth-order valence-corrected chi connectivity index (χ4v) is 2.10. The molecule has 0 aliphatic rings. The van der Waals surface area contributed by atoms with Gasteiger partial charge in [-0.1, -0.05) is 13.3 Å². The first kappa shape index (κ1) is 16.7. The van der Waals surface area contributed by atoms with E-state index in [-0.39, 0.29) is 5.91 Å². The molecule has 5 nitrogen and oxygen atoms in total.